The number of pyridine rings is 2. The number of rotatable bonds is 4. The summed E-state index contributed by atoms with van der Waals surface area (Å²) in [6.45, 7) is 28.1. The second-order valence-electron chi connectivity index (χ2n) is 15.1. The molecular formula is C33H51N5. The fourth-order valence-corrected chi connectivity index (χ4v) is 4.70. The SMILES string of the molecule is CC(C)(C)CCc1nc2ccccn2c1C(C)(C)C.CC(C)(C)CCn1c(C(C)(C)C)nc2cccnc21. The maximum absolute atomic E-state index is 4.85. The van der Waals surface area contributed by atoms with Gasteiger partial charge >= 0.3 is 0 Å². The van der Waals surface area contributed by atoms with Gasteiger partial charge in [-0.1, -0.05) is 89.2 Å². The smallest absolute Gasteiger partial charge is 0.159 e. The molecule has 0 unspecified atom stereocenters. The summed E-state index contributed by atoms with van der Waals surface area (Å²) >= 11 is 0. The van der Waals surface area contributed by atoms with E-state index in [1.807, 2.05) is 18.3 Å². The standard InChI is InChI=1S/C17H26N2.C16H25N3/c1-16(2,3)11-10-13-15(17(4,5)6)19-12-8-7-9-14(19)18-13;1-15(2,3)9-11-19-13-12(8-7-10-17-13)18-14(19)16(4,5)6/h7-9,12H,10-11H2,1-6H3;7-8,10H,9,11H2,1-6H3. The van der Waals surface area contributed by atoms with E-state index in [1.165, 1.54) is 17.8 Å². The first kappa shape index (κ1) is 29.9. The molecule has 4 heterocycles. The van der Waals surface area contributed by atoms with Crippen molar-refractivity contribution in [1.82, 2.24) is 23.9 Å². The first-order chi connectivity index (χ1) is 17.4. The molecule has 0 bridgehead atoms. The Balaban J connectivity index is 0.000000211. The molecule has 0 atom stereocenters. The monoisotopic (exact) mass is 517 g/mol. The van der Waals surface area contributed by atoms with Crippen LogP contribution in [0.3, 0.4) is 0 Å². The summed E-state index contributed by atoms with van der Waals surface area (Å²) in [6, 6.07) is 10.2. The van der Waals surface area contributed by atoms with Crippen molar-refractivity contribution in [3.63, 3.8) is 0 Å². The predicted octanol–water partition coefficient (Wildman–Crippen LogP) is 8.78. The van der Waals surface area contributed by atoms with Gasteiger partial charge in [0.15, 0.2) is 5.65 Å². The molecule has 0 aliphatic rings. The van der Waals surface area contributed by atoms with Crippen molar-refractivity contribution in [3.8, 4) is 0 Å². The minimum absolute atomic E-state index is 0.0403. The van der Waals surface area contributed by atoms with Gasteiger partial charge in [-0.25, -0.2) is 15.0 Å². The molecule has 4 aromatic rings. The van der Waals surface area contributed by atoms with Crippen molar-refractivity contribution in [1.29, 1.82) is 0 Å². The third kappa shape index (κ3) is 7.68. The minimum Gasteiger partial charge on any atom is -0.312 e. The Hall–Kier alpha value is -2.69. The maximum Gasteiger partial charge on any atom is 0.159 e. The van der Waals surface area contributed by atoms with E-state index in [4.69, 9.17) is 9.97 Å². The number of hydrogen-bond donors (Lipinski definition) is 0. The van der Waals surface area contributed by atoms with Crippen molar-refractivity contribution >= 4 is 16.8 Å². The number of fused-ring (bicyclic) bond motifs is 2. The van der Waals surface area contributed by atoms with E-state index < -0.39 is 0 Å². The van der Waals surface area contributed by atoms with E-state index in [0.29, 0.717) is 10.8 Å². The van der Waals surface area contributed by atoms with Crippen LogP contribution in [0.2, 0.25) is 0 Å². The van der Waals surface area contributed by atoms with Crippen LogP contribution in [0, 0.1) is 10.8 Å². The quantitative estimate of drug-likeness (QED) is 0.272. The van der Waals surface area contributed by atoms with Crippen LogP contribution < -0.4 is 0 Å². The number of aromatic nitrogens is 5. The Morgan fingerprint density at radius 2 is 1.37 bits per heavy atom. The van der Waals surface area contributed by atoms with Gasteiger partial charge in [-0.05, 0) is 54.4 Å². The number of hydrogen-bond acceptors (Lipinski definition) is 3. The zero-order valence-corrected chi connectivity index (χ0v) is 26.1. The second-order valence-corrected chi connectivity index (χ2v) is 15.1. The van der Waals surface area contributed by atoms with Gasteiger partial charge in [-0.15, -0.1) is 0 Å². The van der Waals surface area contributed by atoms with E-state index in [2.05, 4.69) is 121 Å². The lowest BCUT2D eigenvalue weighted by molar-refractivity contribution is 0.343. The first-order valence-corrected chi connectivity index (χ1v) is 14.1. The van der Waals surface area contributed by atoms with E-state index >= 15 is 0 Å². The van der Waals surface area contributed by atoms with Crippen molar-refractivity contribution in [3.05, 3.63) is 59.9 Å². The highest BCUT2D eigenvalue weighted by molar-refractivity contribution is 5.71. The van der Waals surface area contributed by atoms with Crippen LogP contribution in [0.1, 0.15) is 113 Å². The molecule has 0 aromatic carbocycles. The molecule has 0 fully saturated rings. The van der Waals surface area contributed by atoms with Crippen LogP contribution in [-0.2, 0) is 23.8 Å². The van der Waals surface area contributed by atoms with Crippen molar-refractivity contribution in [2.45, 2.75) is 120 Å². The van der Waals surface area contributed by atoms with Gasteiger partial charge in [-0.3, -0.25) is 0 Å². The molecule has 208 valence electrons. The van der Waals surface area contributed by atoms with Gasteiger partial charge in [0.1, 0.15) is 17.0 Å². The number of imidazole rings is 2. The van der Waals surface area contributed by atoms with E-state index in [-0.39, 0.29) is 10.8 Å². The molecule has 5 heteroatoms. The molecule has 0 saturated carbocycles. The third-order valence-electron chi connectivity index (χ3n) is 6.68. The average Bonchev–Trinajstić information content (AvgIpc) is 3.34. The maximum atomic E-state index is 4.85. The highest BCUT2D eigenvalue weighted by Crippen LogP contribution is 2.31. The highest BCUT2D eigenvalue weighted by Gasteiger charge is 2.25. The molecule has 0 radical (unpaired) electrons. The van der Waals surface area contributed by atoms with E-state index in [0.717, 1.165) is 42.0 Å². The Kier molecular flexibility index (Phi) is 8.50. The van der Waals surface area contributed by atoms with Crippen molar-refractivity contribution in [2.24, 2.45) is 10.8 Å². The lowest BCUT2D eigenvalue weighted by Crippen LogP contribution is -2.21. The molecule has 0 aliphatic carbocycles. The molecule has 38 heavy (non-hydrogen) atoms. The fourth-order valence-electron chi connectivity index (χ4n) is 4.70. The Morgan fingerprint density at radius 3 is 1.95 bits per heavy atom. The summed E-state index contributed by atoms with van der Waals surface area (Å²) in [5.74, 6) is 1.13. The summed E-state index contributed by atoms with van der Waals surface area (Å²) in [6.07, 6.45) is 7.32. The lowest BCUT2D eigenvalue weighted by atomic mass is 9.85. The van der Waals surface area contributed by atoms with Crippen LogP contribution in [0.15, 0.2) is 42.7 Å². The van der Waals surface area contributed by atoms with Crippen LogP contribution in [0.5, 0.6) is 0 Å². The van der Waals surface area contributed by atoms with E-state index in [1.54, 1.807) is 0 Å². The largest absolute Gasteiger partial charge is 0.312 e. The van der Waals surface area contributed by atoms with Crippen LogP contribution in [-0.4, -0.2) is 23.9 Å². The molecule has 0 amide bonds. The fraction of sp³-hybridized carbons (Fsp3) is 0.606. The van der Waals surface area contributed by atoms with Crippen molar-refractivity contribution in [2.75, 3.05) is 0 Å². The Morgan fingerprint density at radius 1 is 0.711 bits per heavy atom. The second kappa shape index (κ2) is 10.8. The van der Waals surface area contributed by atoms with Gasteiger partial charge in [-0.2, -0.15) is 0 Å². The van der Waals surface area contributed by atoms with Gasteiger partial charge < -0.3 is 8.97 Å². The Labute approximate surface area is 231 Å². The summed E-state index contributed by atoms with van der Waals surface area (Å²) in [5.41, 5.74) is 6.52. The molecule has 0 spiro atoms. The van der Waals surface area contributed by atoms with Gasteiger partial charge in [0, 0.05) is 29.8 Å². The highest BCUT2D eigenvalue weighted by atomic mass is 15.1. The molecule has 0 saturated heterocycles. The van der Waals surface area contributed by atoms with E-state index in [9.17, 15) is 0 Å². The zero-order valence-electron chi connectivity index (χ0n) is 26.1. The zero-order chi connectivity index (χ0) is 28.5. The summed E-state index contributed by atoms with van der Waals surface area (Å²) in [7, 11) is 0. The predicted molar refractivity (Wildman–Crippen MR) is 162 cm³/mol. The normalized spacial score (nSPS) is 13.2. The summed E-state index contributed by atoms with van der Waals surface area (Å²) in [4.78, 5) is 14.1. The summed E-state index contributed by atoms with van der Waals surface area (Å²) < 4.78 is 4.54. The van der Waals surface area contributed by atoms with Gasteiger partial charge in [0.25, 0.3) is 0 Å². The van der Waals surface area contributed by atoms with Crippen LogP contribution in [0.4, 0.5) is 0 Å². The number of nitrogens with zero attached hydrogens (tertiary/aromatic N) is 5. The molecule has 4 aromatic heterocycles. The Bertz CT molecular complexity index is 1340. The third-order valence-corrected chi connectivity index (χ3v) is 6.68. The molecule has 0 aliphatic heterocycles. The lowest BCUT2D eigenvalue weighted by Gasteiger charge is -2.23. The molecule has 4 rings (SSSR count). The van der Waals surface area contributed by atoms with Gasteiger partial charge in [0.2, 0.25) is 0 Å². The van der Waals surface area contributed by atoms with Gasteiger partial charge in [0.05, 0.1) is 11.4 Å². The van der Waals surface area contributed by atoms with Crippen LogP contribution >= 0.6 is 0 Å². The molecule has 0 N–H and O–H groups in total. The molecular weight excluding hydrogens is 466 g/mol. The topological polar surface area (TPSA) is 48.0 Å². The van der Waals surface area contributed by atoms with Crippen molar-refractivity contribution < 1.29 is 0 Å². The molecule has 5 nitrogen and oxygen atoms in total. The van der Waals surface area contributed by atoms with Crippen LogP contribution in [0.25, 0.3) is 16.8 Å². The average molecular weight is 518 g/mol. The first-order valence-electron chi connectivity index (χ1n) is 14.1. The number of aryl methyl sites for hydroxylation is 2. The minimum atomic E-state index is 0.0403. The summed E-state index contributed by atoms with van der Waals surface area (Å²) in [5, 5.41) is 0.